The number of carbonyl (C=O) groups excluding carboxylic acids is 1. The zero-order valence-electron chi connectivity index (χ0n) is 11.2. The van der Waals surface area contributed by atoms with Gasteiger partial charge in [0, 0.05) is 24.9 Å². The second kappa shape index (κ2) is 4.10. The van der Waals surface area contributed by atoms with Gasteiger partial charge in [-0.05, 0) is 27.2 Å². The molecule has 5 nitrogen and oxygen atoms in total. The second-order valence-corrected chi connectivity index (χ2v) is 6.61. The zero-order chi connectivity index (χ0) is 12.9. The van der Waals surface area contributed by atoms with Crippen molar-refractivity contribution >= 4 is 6.09 Å². The Balaban J connectivity index is 1.58. The van der Waals surface area contributed by atoms with E-state index in [1.54, 1.807) is 0 Å². The third-order valence-electron chi connectivity index (χ3n) is 4.13. The third kappa shape index (κ3) is 2.10. The Hall–Kier alpha value is -0.810. The first-order valence-electron chi connectivity index (χ1n) is 6.80. The number of rotatable bonds is 1. The number of hydrogen-bond donors (Lipinski definition) is 2. The van der Waals surface area contributed by atoms with Gasteiger partial charge in [-0.1, -0.05) is 0 Å². The fourth-order valence-electron chi connectivity index (χ4n) is 3.50. The first-order chi connectivity index (χ1) is 8.44. The molecule has 2 bridgehead atoms. The van der Waals surface area contributed by atoms with Crippen molar-refractivity contribution in [1.82, 2.24) is 10.6 Å². The van der Waals surface area contributed by atoms with E-state index < -0.39 is 5.60 Å². The van der Waals surface area contributed by atoms with E-state index in [0.29, 0.717) is 17.9 Å². The monoisotopic (exact) mass is 254 g/mol. The summed E-state index contributed by atoms with van der Waals surface area (Å²) in [6.07, 6.45) is 1.08. The Morgan fingerprint density at radius 2 is 2.06 bits per heavy atom. The van der Waals surface area contributed by atoms with Crippen LogP contribution in [-0.2, 0) is 9.47 Å². The first kappa shape index (κ1) is 12.2. The molecule has 5 heteroatoms. The summed E-state index contributed by atoms with van der Waals surface area (Å²) in [6.45, 7) is 7.70. The molecule has 3 heterocycles. The van der Waals surface area contributed by atoms with E-state index in [4.69, 9.17) is 9.47 Å². The van der Waals surface area contributed by atoms with Gasteiger partial charge in [0.05, 0.1) is 18.2 Å². The maximum atomic E-state index is 11.8. The van der Waals surface area contributed by atoms with Crippen LogP contribution in [0, 0.1) is 11.8 Å². The van der Waals surface area contributed by atoms with Crippen molar-refractivity contribution in [3.63, 3.8) is 0 Å². The molecular weight excluding hydrogens is 232 g/mol. The molecular formula is C13H22N2O3. The van der Waals surface area contributed by atoms with Gasteiger partial charge in [-0.2, -0.15) is 0 Å². The van der Waals surface area contributed by atoms with Crippen molar-refractivity contribution in [2.75, 3.05) is 13.1 Å². The normalized spacial score (nSPS) is 41.8. The molecule has 1 amide bonds. The second-order valence-electron chi connectivity index (χ2n) is 6.61. The number of alkyl carbamates (subject to hydrolysis) is 1. The Kier molecular flexibility index (Phi) is 2.79. The van der Waals surface area contributed by atoms with Crippen LogP contribution in [0.4, 0.5) is 4.79 Å². The summed E-state index contributed by atoms with van der Waals surface area (Å²) >= 11 is 0. The van der Waals surface area contributed by atoms with Gasteiger partial charge in [0.2, 0.25) is 0 Å². The summed E-state index contributed by atoms with van der Waals surface area (Å²) in [7, 11) is 0. The lowest BCUT2D eigenvalue weighted by atomic mass is 9.79. The van der Waals surface area contributed by atoms with Gasteiger partial charge in [-0.15, -0.1) is 0 Å². The highest BCUT2D eigenvalue weighted by molar-refractivity contribution is 5.68. The topological polar surface area (TPSA) is 59.6 Å². The van der Waals surface area contributed by atoms with Crippen LogP contribution in [0.25, 0.3) is 0 Å². The number of nitrogens with one attached hydrogen (secondary N) is 2. The van der Waals surface area contributed by atoms with Crippen LogP contribution in [0.5, 0.6) is 0 Å². The molecule has 102 valence electrons. The molecule has 2 N–H and O–H groups in total. The molecule has 3 aliphatic rings. The molecule has 0 aromatic rings. The van der Waals surface area contributed by atoms with Crippen LogP contribution in [0.2, 0.25) is 0 Å². The SMILES string of the molecule is CC(C)(C)OC(=O)NC1CC2OC1C1CNCC21. The van der Waals surface area contributed by atoms with Gasteiger partial charge >= 0.3 is 6.09 Å². The predicted molar refractivity (Wildman–Crippen MR) is 66.3 cm³/mol. The molecule has 0 aromatic carbocycles. The highest BCUT2D eigenvalue weighted by Gasteiger charge is 2.56. The zero-order valence-corrected chi connectivity index (χ0v) is 11.2. The average molecular weight is 254 g/mol. The lowest BCUT2D eigenvalue weighted by Gasteiger charge is -2.29. The van der Waals surface area contributed by atoms with Gasteiger partial charge in [-0.25, -0.2) is 4.79 Å². The third-order valence-corrected chi connectivity index (χ3v) is 4.13. The van der Waals surface area contributed by atoms with E-state index in [1.165, 1.54) is 0 Å². The van der Waals surface area contributed by atoms with Gasteiger partial charge in [-0.3, -0.25) is 0 Å². The van der Waals surface area contributed by atoms with Gasteiger partial charge in [0.15, 0.2) is 0 Å². The van der Waals surface area contributed by atoms with E-state index in [9.17, 15) is 4.79 Å². The maximum absolute atomic E-state index is 11.8. The van der Waals surface area contributed by atoms with Gasteiger partial charge < -0.3 is 20.1 Å². The van der Waals surface area contributed by atoms with Crippen molar-refractivity contribution in [3.8, 4) is 0 Å². The molecule has 0 aliphatic carbocycles. The Bertz CT molecular complexity index is 353. The Morgan fingerprint density at radius 3 is 2.78 bits per heavy atom. The molecule has 3 rings (SSSR count). The summed E-state index contributed by atoms with van der Waals surface area (Å²) in [4.78, 5) is 11.8. The maximum Gasteiger partial charge on any atom is 0.407 e. The molecule has 0 saturated carbocycles. The van der Waals surface area contributed by atoms with E-state index in [-0.39, 0.29) is 18.2 Å². The fourth-order valence-corrected chi connectivity index (χ4v) is 3.50. The van der Waals surface area contributed by atoms with Crippen LogP contribution in [-0.4, -0.2) is 43.0 Å². The minimum Gasteiger partial charge on any atom is -0.444 e. The number of fused-ring (bicyclic) bond motifs is 5. The highest BCUT2D eigenvalue weighted by atomic mass is 16.6. The van der Waals surface area contributed by atoms with Crippen LogP contribution >= 0.6 is 0 Å². The standard InChI is InChI=1S/C13H22N2O3/c1-13(2,3)18-12(16)15-9-4-10-7-5-14-6-8(7)11(9)17-10/h7-11,14H,4-6H2,1-3H3,(H,15,16). The van der Waals surface area contributed by atoms with E-state index in [1.807, 2.05) is 20.8 Å². The minimum atomic E-state index is -0.444. The molecule has 18 heavy (non-hydrogen) atoms. The number of hydrogen-bond acceptors (Lipinski definition) is 4. The van der Waals surface area contributed by atoms with Crippen molar-refractivity contribution < 1.29 is 14.3 Å². The molecule has 3 aliphatic heterocycles. The van der Waals surface area contributed by atoms with E-state index >= 15 is 0 Å². The molecule has 3 saturated heterocycles. The summed E-state index contributed by atoms with van der Waals surface area (Å²) < 4.78 is 11.3. The summed E-state index contributed by atoms with van der Waals surface area (Å²) in [5.74, 6) is 1.20. The first-order valence-corrected chi connectivity index (χ1v) is 6.80. The summed E-state index contributed by atoms with van der Waals surface area (Å²) in [5, 5.41) is 6.38. The summed E-state index contributed by atoms with van der Waals surface area (Å²) in [5.41, 5.74) is -0.444. The average Bonchev–Trinajstić information content (AvgIpc) is 2.81. The Morgan fingerprint density at radius 1 is 1.33 bits per heavy atom. The fraction of sp³-hybridized carbons (Fsp3) is 0.923. The highest BCUT2D eigenvalue weighted by Crippen LogP contribution is 2.45. The van der Waals surface area contributed by atoms with Crippen LogP contribution in [0.15, 0.2) is 0 Å². The molecule has 3 fully saturated rings. The van der Waals surface area contributed by atoms with E-state index in [0.717, 1.165) is 19.5 Å². The molecule has 0 radical (unpaired) electrons. The summed E-state index contributed by atoms with van der Waals surface area (Å²) in [6, 6.07) is 0.117. The van der Waals surface area contributed by atoms with E-state index in [2.05, 4.69) is 10.6 Å². The van der Waals surface area contributed by atoms with Gasteiger partial charge in [0.1, 0.15) is 5.60 Å². The Labute approximate surface area is 108 Å². The molecule has 5 unspecified atom stereocenters. The number of amides is 1. The van der Waals surface area contributed by atoms with Crippen molar-refractivity contribution in [3.05, 3.63) is 0 Å². The van der Waals surface area contributed by atoms with Crippen molar-refractivity contribution in [2.45, 2.75) is 51.0 Å². The number of ether oxygens (including phenoxy) is 2. The van der Waals surface area contributed by atoms with Crippen LogP contribution in [0.1, 0.15) is 27.2 Å². The van der Waals surface area contributed by atoms with Crippen molar-refractivity contribution in [1.29, 1.82) is 0 Å². The lowest BCUT2D eigenvalue weighted by molar-refractivity contribution is 0.0431. The van der Waals surface area contributed by atoms with Crippen LogP contribution in [0.3, 0.4) is 0 Å². The van der Waals surface area contributed by atoms with Gasteiger partial charge in [0.25, 0.3) is 0 Å². The molecule has 0 spiro atoms. The number of carbonyl (C=O) groups is 1. The minimum absolute atomic E-state index is 0.117. The van der Waals surface area contributed by atoms with Crippen molar-refractivity contribution in [2.24, 2.45) is 11.8 Å². The quantitative estimate of drug-likeness (QED) is 0.729. The molecule has 5 atom stereocenters. The predicted octanol–water partition coefficient (Wildman–Crippen LogP) is 0.886. The van der Waals surface area contributed by atoms with Crippen LogP contribution < -0.4 is 10.6 Å². The molecule has 0 aromatic heterocycles. The smallest absolute Gasteiger partial charge is 0.407 e. The largest absolute Gasteiger partial charge is 0.444 e. The lowest BCUT2D eigenvalue weighted by Crippen LogP contribution is -2.48.